The van der Waals surface area contributed by atoms with Crippen LogP contribution in [0.4, 0.5) is 0 Å². The number of carbonyl (C=O) groups excluding carboxylic acids is 2. The van der Waals surface area contributed by atoms with Crippen molar-refractivity contribution in [2.75, 3.05) is 0 Å². The molecule has 3 nitrogen and oxygen atoms in total. The number of esters is 1. The van der Waals surface area contributed by atoms with E-state index in [2.05, 4.69) is 0 Å². The fourth-order valence-electron chi connectivity index (χ4n) is 4.33. The van der Waals surface area contributed by atoms with Crippen LogP contribution in [-0.2, 0) is 14.3 Å². The van der Waals surface area contributed by atoms with Crippen molar-refractivity contribution in [3.05, 3.63) is 0 Å². The largest absolute Gasteiger partial charge is 0.461 e. The molecule has 0 aromatic carbocycles. The molecule has 4 aliphatic carbocycles. The lowest BCUT2D eigenvalue weighted by atomic mass is 9.51. The Morgan fingerprint density at radius 1 is 1.00 bits per heavy atom. The molecule has 0 aromatic rings. The van der Waals surface area contributed by atoms with E-state index >= 15 is 0 Å². The summed E-state index contributed by atoms with van der Waals surface area (Å²) >= 11 is 0. The third kappa shape index (κ3) is 0.615. The van der Waals surface area contributed by atoms with Crippen LogP contribution in [0.2, 0.25) is 0 Å². The van der Waals surface area contributed by atoms with Gasteiger partial charge in [-0.2, -0.15) is 0 Å². The van der Waals surface area contributed by atoms with Crippen LogP contribution in [0.3, 0.4) is 0 Å². The van der Waals surface area contributed by atoms with Crippen molar-refractivity contribution in [3.8, 4) is 0 Å². The van der Waals surface area contributed by atoms with Crippen LogP contribution < -0.4 is 0 Å². The second kappa shape index (κ2) is 2.05. The Bertz CT molecular complexity index is 348. The first-order chi connectivity index (χ1) is 6.75. The van der Waals surface area contributed by atoms with Gasteiger partial charge in [0.1, 0.15) is 11.9 Å². The molecule has 4 saturated carbocycles. The first-order valence-electron chi connectivity index (χ1n) is 5.50. The highest BCUT2D eigenvalue weighted by molar-refractivity contribution is 5.94. The predicted octanol–water partition coefficient (Wildman–Crippen LogP) is 0.773. The van der Waals surface area contributed by atoms with E-state index in [9.17, 15) is 9.59 Å². The van der Waals surface area contributed by atoms with E-state index in [0.29, 0.717) is 17.6 Å². The molecule has 5 fully saturated rings. The van der Waals surface area contributed by atoms with Gasteiger partial charge in [-0.1, -0.05) is 0 Å². The van der Waals surface area contributed by atoms with Crippen LogP contribution in [0.5, 0.6) is 0 Å². The molecule has 0 aromatic heterocycles. The highest BCUT2D eigenvalue weighted by Gasteiger charge is 2.65. The molecule has 1 heterocycles. The molecule has 1 aliphatic heterocycles. The summed E-state index contributed by atoms with van der Waals surface area (Å²) in [5, 5.41) is 0. The normalized spacial score (nSPS) is 58.0. The van der Waals surface area contributed by atoms with Crippen LogP contribution in [-0.4, -0.2) is 17.9 Å². The minimum absolute atomic E-state index is 0.0344. The van der Waals surface area contributed by atoms with Crippen LogP contribution in [0.25, 0.3) is 0 Å². The first-order valence-corrected chi connectivity index (χ1v) is 5.50. The summed E-state index contributed by atoms with van der Waals surface area (Å²) in [6, 6.07) is 0. The smallest absolute Gasteiger partial charge is 0.310 e. The summed E-state index contributed by atoms with van der Waals surface area (Å²) in [7, 11) is 0. The van der Waals surface area contributed by atoms with Crippen molar-refractivity contribution >= 4 is 11.8 Å². The molecule has 1 saturated heterocycles. The molecular formula is C11H12O3. The third-order valence-corrected chi connectivity index (χ3v) is 4.75. The second-order valence-corrected chi connectivity index (χ2v) is 5.28. The summed E-state index contributed by atoms with van der Waals surface area (Å²) in [5.74, 6) is 1.39. The lowest BCUT2D eigenvalue weighted by molar-refractivity contribution is -0.149. The average molecular weight is 192 g/mol. The van der Waals surface area contributed by atoms with Crippen LogP contribution in [0.15, 0.2) is 0 Å². The van der Waals surface area contributed by atoms with Gasteiger partial charge < -0.3 is 4.74 Å². The molecule has 5 aliphatic rings. The van der Waals surface area contributed by atoms with Gasteiger partial charge >= 0.3 is 5.97 Å². The number of carbonyl (C=O) groups is 2. The van der Waals surface area contributed by atoms with Gasteiger partial charge in [0.15, 0.2) is 0 Å². The van der Waals surface area contributed by atoms with Crippen molar-refractivity contribution in [2.24, 2.45) is 29.6 Å². The van der Waals surface area contributed by atoms with Gasteiger partial charge in [-0.05, 0) is 31.1 Å². The summed E-state index contributed by atoms with van der Waals surface area (Å²) in [4.78, 5) is 23.6. The van der Waals surface area contributed by atoms with Gasteiger partial charge in [-0.25, -0.2) is 0 Å². The Hall–Kier alpha value is -0.860. The molecule has 6 unspecified atom stereocenters. The zero-order valence-electron chi connectivity index (χ0n) is 7.81. The van der Waals surface area contributed by atoms with Gasteiger partial charge in [-0.15, -0.1) is 0 Å². The van der Waals surface area contributed by atoms with Crippen LogP contribution in [0.1, 0.15) is 19.3 Å². The highest BCUT2D eigenvalue weighted by atomic mass is 16.6. The number of Topliss-reactive ketones (excluding diaryl/α,β-unsaturated/α-hetero) is 1. The van der Waals surface area contributed by atoms with Gasteiger partial charge in [0.2, 0.25) is 0 Å². The van der Waals surface area contributed by atoms with Crippen LogP contribution in [0, 0.1) is 29.6 Å². The van der Waals surface area contributed by atoms with Crippen molar-refractivity contribution in [3.63, 3.8) is 0 Å². The SMILES string of the molecule is O=C1OC2C3CC4CC(C3)C1C2C4=O. The van der Waals surface area contributed by atoms with Gasteiger partial charge in [-0.3, -0.25) is 9.59 Å². The number of hydrogen-bond donors (Lipinski definition) is 0. The van der Waals surface area contributed by atoms with E-state index in [4.69, 9.17) is 4.74 Å². The highest BCUT2D eigenvalue weighted by Crippen LogP contribution is 2.59. The molecular weight excluding hydrogens is 180 g/mol. The predicted molar refractivity (Wildman–Crippen MR) is 46.2 cm³/mol. The van der Waals surface area contributed by atoms with Crippen molar-refractivity contribution in [1.29, 1.82) is 0 Å². The zero-order chi connectivity index (χ0) is 9.45. The van der Waals surface area contributed by atoms with E-state index in [1.54, 1.807) is 0 Å². The van der Waals surface area contributed by atoms with Crippen molar-refractivity contribution in [1.82, 2.24) is 0 Å². The Kier molecular flexibility index (Phi) is 1.09. The van der Waals surface area contributed by atoms with Gasteiger partial charge in [0.05, 0.1) is 11.8 Å². The molecule has 6 atom stereocenters. The maximum Gasteiger partial charge on any atom is 0.310 e. The standard InChI is InChI=1S/C11H12O3/c12-9-5-1-4-2-6(3-5)10-8(9)7(4)11(13)14-10/h4-8,10H,1-3H2. The van der Waals surface area contributed by atoms with Gasteiger partial charge in [0.25, 0.3) is 0 Å². The fraction of sp³-hybridized carbons (Fsp3) is 0.818. The molecule has 5 rings (SSSR count). The topological polar surface area (TPSA) is 43.4 Å². The molecule has 0 spiro atoms. The molecule has 0 radical (unpaired) electrons. The van der Waals surface area contributed by atoms with E-state index in [0.717, 1.165) is 19.3 Å². The fourth-order valence-corrected chi connectivity index (χ4v) is 4.33. The maximum atomic E-state index is 11.9. The molecule has 3 heteroatoms. The Morgan fingerprint density at radius 3 is 2.64 bits per heavy atom. The zero-order valence-corrected chi connectivity index (χ0v) is 7.81. The number of hydrogen-bond acceptors (Lipinski definition) is 3. The molecule has 14 heavy (non-hydrogen) atoms. The average Bonchev–Trinajstić information content (AvgIpc) is 2.48. The first kappa shape index (κ1) is 7.43. The maximum absolute atomic E-state index is 11.9. The Morgan fingerprint density at radius 2 is 1.79 bits per heavy atom. The summed E-state index contributed by atoms with van der Waals surface area (Å²) in [6.45, 7) is 0. The minimum atomic E-state index is -0.0822. The molecule has 6 bridgehead atoms. The Balaban J connectivity index is 1.90. The number of ketones is 1. The summed E-state index contributed by atoms with van der Waals surface area (Å²) in [6.07, 6.45) is 3.03. The number of rotatable bonds is 0. The monoisotopic (exact) mass is 192 g/mol. The summed E-state index contributed by atoms with van der Waals surface area (Å²) < 4.78 is 5.36. The second-order valence-electron chi connectivity index (χ2n) is 5.28. The number of ether oxygens (including phenoxy) is 1. The van der Waals surface area contributed by atoms with E-state index in [-0.39, 0.29) is 29.8 Å². The van der Waals surface area contributed by atoms with Crippen LogP contribution >= 0.6 is 0 Å². The van der Waals surface area contributed by atoms with Crippen molar-refractivity contribution in [2.45, 2.75) is 25.4 Å². The molecule has 74 valence electrons. The Labute approximate surface area is 81.8 Å². The van der Waals surface area contributed by atoms with E-state index < -0.39 is 0 Å². The van der Waals surface area contributed by atoms with E-state index in [1.165, 1.54) is 0 Å². The quantitative estimate of drug-likeness (QED) is 0.532. The third-order valence-electron chi connectivity index (χ3n) is 4.75. The lowest BCUT2D eigenvalue weighted by Crippen LogP contribution is -2.55. The lowest BCUT2D eigenvalue weighted by Gasteiger charge is -2.50. The van der Waals surface area contributed by atoms with Gasteiger partial charge in [0, 0.05) is 5.92 Å². The minimum Gasteiger partial charge on any atom is -0.461 e. The van der Waals surface area contributed by atoms with Crippen molar-refractivity contribution < 1.29 is 14.3 Å². The summed E-state index contributed by atoms with van der Waals surface area (Å²) in [5.41, 5.74) is 0. The van der Waals surface area contributed by atoms with E-state index in [1.807, 2.05) is 0 Å². The molecule has 0 N–H and O–H groups in total. The molecule has 0 amide bonds.